The van der Waals surface area contributed by atoms with E-state index in [2.05, 4.69) is 5.32 Å². The van der Waals surface area contributed by atoms with Crippen LogP contribution in [0.2, 0.25) is 10.0 Å². The van der Waals surface area contributed by atoms with Crippen LogP contribution >= 0.6 is 23.2 Å². The fraction of sp³-hybridized carbons (Fsp3) is 0. The van der Waals surface area contributed by atoms with Crippen LogP contribution < -0.4 is 5.32 Å². The molecular formula is C20H11Cl2N3O4. The minimum Gasteiger partial charge on any atom is -0.457 e. The summed E-state index contributed by atoms with van der Waals surface area (Å²) in [5.74, 6) is 0.0222. The summed E-state index contributed by atoms with van der Waals surface area (Å²) in [6.07, 6.45) is 1.28. The number of nitriles is 1. The van der Waals surface area contributed by atoms with Gasteiger partial charge >= 0.3 is 0 Å². The zero-order valence-electron chi connectivity index (χ0n) is 14.6. The van der Waals surface area contributed by atoms with Crippen molar-refractivity contribution in [3.63, 3.8) is 0 Å². The molecule has 0 saturated carbocycles. The average Bonchev–Trinajstić information content (AvgIpc) is 3.17. The van der Waals surface area contributed by atoms with Gasteiger partial charge in [-0.1, -0.05) is 23.2 Å². The molecule has 0 fully saturated rings. The van der Waals surface area contributed by atoms with Gasteiger partial charge in [0.15, 0.2) is 0 Å². The van der Waals surface area contributed by atoms with Crippen LogP contribution in [0.25, 0.3) is 17.4 Å². The fourth-order valence-electron chi connectivity index (χ4n) is 2.41. The van der Waals surface area contributed by atoms with Crippen LogP contribution in [0.5, 0.6) is 0 Å². The third-order valence-electron chi connectivity index (χ3n) is 3.82. The van der Waals surface area contributed by atoms with E-state index in [0.29, 0.717) is 16.3 Å². The number of nitro benzene ring substituents is 1. The highest BCUT2D eigenvalue weighted by molar-refractivity contribution is 6.36. The Labute approximate surface area is 174 Å². The molecule has 7 nitrogen and oxygen atoms in total. The second-order valence-electron chi connectivity index (χ2n) is 5.75. The molecule has 0 spiro atoms. The van der Waals surface area contributed by atoms with Gasteiger partial charge in [0.2, 0.25) is 0 Å². The number of amides is 1. The number of rotatable bonds is 5. The number of benzene rings is 2. The molecule has 1 aromatic heterocycles. The number of hydrogen-bond donors (Lipinski definition) is 1. The molecule has 0 bridgehead atoms. The van der Waals surface area contributed by atoms with Crippen molar-refractivity contribution < 1.29 is 14.1 Å². The van der Waals surface area contributed by atoms with Crippen LogP contribution in [0.1, 0.15) is 5.76 Å². The van der Waals surface area contributed by atoms with Gasteiger partial charge in [0, 0.05) is 28.8 Å². The first kappa shape index (κ1) is 20.1. The third-order valence-corrected chi connectivity index (χ3v) is 4.38. The first-order valence-electron chi connectivity index (χ1n) is 8.10. The largest absolute Gasteiger partial charge is 0.457 e. The van der Waals surface area contributed by atoms with Crippen molar-refractivity contribution in [3.05, 3.63) is 86.1 Å². The number of furan rings is 1. The zero-order chi connectivity index (χ0) is 21.0. The summed E-state index contributed by atoms with van der Waals surface area (Å²) >= 11 is 11.9. The Morgan fingerprint density at radius 2 is 1.86 bits per heavy atom. The van der Waals surface area contributed by atoms with Gasteiger partial charge < -0.3 is 9.73 Å². The second-order valence-corrected chi connectivity index (χ2v) is 6.60. The summed E-state index contributed by atoms with van der Waals surface area (Å²) in [4.78, 5) is 22.6. The predicted octanol–water partition coefficient (Wildman–Crippen LogP) is 5.71. The quantitative estimate of drug-likeness (QED) is 0.242. The van der Waals surface area contributed by atoms with Crippen LogP contribution in [0.4, 0.5) is 11.4 Å². The molecule has 0 atom stereocenters. The molecule has 3 aromatic rings. The molecule has 144 valence electrons. The van der Waals surface area contributed by atoms with Crippen LogP contribution in [0.3, 0.4) is 0 Å². The maximum Gasteiger partial charge on any atom is 0.269 e. The lowest BCUT2D eigenvalue weighted by atomic mass is 10.1. The maximum absolute atomic E-state index is 12.4. The Kier molecular flexibility index (Phi) is 5.98. The number of non-ortho nitro benzene ring substituents is 1. The summed E-state index contributed by atoms with van der Waals surface area (Å²) in [5, 5.41) is 23.2. The van der Waals surface area contributed by atoms with Gasteiger partial charge in [-0.3, -0.25) is 14.9 Å². The maximum atomic E-state index is 12.4. The summed E-state index contributed by atoms with van der Waals surface area (Å²) in [5.41, 5.74) is 0.648. The number of nitrogens with zero attached hydrogens (tertiary/aromatic N) is 2. The predicted molar refractivity (Wildman–Crippen MR) is 109 cm³/mol. The van der Waals surface area contributed by atoms with Gasteiger partial charge in [-0.15, -0.1) is 0 Å². The average molecular weight is 428 g/mol. The number of carbonyl (C=O) groups is 1. The van der Waals surface area contributed by atoms with Crippen LogP contribution in [0, 0.1) is 21.4 Å². The smallest absolute Gasteiger partial charge is 0.269 e. The Bertz CT molecular complexity index is 1160. The number of anilines is 1. The minimum absolute atomic E-state index is 0.0384. The molecule has 0 unspecified atom stereocenters. The van der Waals surface area contributed by atoms with E-state index in [9.17, 15) is 20.2 Å². The fourth-order valence-corrected chi connectivity index (χ4v) is 2.74. The minimum atomic E-state index is -0.676. The van der Waals surface area contributed by atoms with Gasteiger partial charge in [-0.05, 0) is 42.5 Å². The number of carbonyl (C=O) groups excluding carboxylic acids is 1. The van der Waals surface area contributed by atoms with Crippen molar-refractivity contribution in [3.8, 4) is 17.4 Å². The summed E-state index contributed by atoms with van der Waals surface area (Å²) in [6.45, 7) is 0. The molecule has 1 N–H and O–H groups in total. The lowest BCUT2D eigenvalue weighted by Crippen LogP contribution is -2.13. The van der Waals surface area contributed by atoms with E-state index >= 15 is 0 Å². The summed E-state index contributed by atoms with van der Waals surface area (Å²) < 4.78 is 5.62. The van der Waals surface area contributed by atoms with Crippen molar-refractivity contribution in [2.75, 3.05) is 5.32 Å². The number of nitrogens with one attached hydrogen (secondary N) is 1. The van der Waals surface area contributed by atoms with Crippen LogP contribution in [-0.4, -0.2) is 10.8 Å². The Morgan fingerprint density at radius 1 is 1.14 bits per heavy atom. The third kappa shape index (κ3) is 4.82. The molecule has 9 heteroatoms. The van der Waals surface area contributed by atoms with E-state index in [1.807, 2.05) is 6.07 Å². The van der Waals surface area contributed by atoms with E-state index < -0.39 is 10.8 Å². The lowest BCUT2D eigenvalue weighted by molar-refractivity contribution is -0.384. The number of hydrogen-bond acceptors (Lipinski definition) is 5. The van der Waals surface area contributed by atoms with Gasteiger partial charge in [-0.2, -0.15) is 5.26 Å². The highest BCUT2D eigenvalue weighted by Gasteiger charge is 2.14. The zero-order valence-corrected chi connectivity index (χ0v) is 16.1. The van der Waals surface area contributed by atoms with Crippen LogP contribution in [0.15, 0.2) is 64.6 Å². The first-order valence-corrected chi connectivity index (χ1v) is 8.86. The van der Waals surface area contributed by atoms with Crippen molar-refractivity contribution in [1.82, 2.24) is 0 Å². The lowest BCUT2D eigenvalue weighted by Gasteiger charge is -2.06. The monoisotopic (exact) mass is 427 g/mol. The van der Waals surface area contributed by atoms with Gasteiger partial charge in [0.25, 0.3) is 11.6 Å². The molecule has 0 aliphatic heterocycles. The van der Waals surface area contributed by atoms with Crippen molar-refractivity contribution in [2.45, 2.75) is 0 Å². The van der Waals surface area contributed by atoms with E-state index in [1.165, 1.54) is 30.3 Å². The molecule has 29 heavy (non-hydrogen) atoms. The Balaban J connectivity index is 1.81. The Hall–Kier alpha value is -3.60. The Morgan fingerprint density at radius 3 is 2.52 bits per heavy atom. The first-order chi connectivity index (χ1) is 13.9. The topological polar surface area (TPSA) is 109 Å². The van der Waals surface area contributed by atoms with Crippen LogP contribution in [-0.2, 0) is 4.79 Å². The number of halogens is 2. The molecule has 0 aliphatic rings. The SMILES string of the molecule is N#C/C(=C/c1ccc(-c2ccc([N+](=O)[O-])cc2)o1)C(=O)Nc1cc(Cl)ccc1Cl. The highest BCUT2D eigenvalue weighted by Crippen LogP contribution is 2.27. The molecule has 1 amide bonds. The normalized spacial score (nSPS) is 11.0. The van der Waals surface area contributed by atoms with E-state index in [0.717, 1.165) is 0 Å². The molecule has 0 aliphatic carbocycles. The van der Waals surface area contributed by atoms with E-state index in [-0.39, 0.29) is 27.7 Å². The van der Waals surface area contributed by atoms with E-state index in [1.54, 1.807) is 30.3 Å². The molecule has 0 radical (unpaired) electrons. The standard InChI is InChI=1S/C20H11Cl2N3O4/c21-14-3-7-17(22)18(10-14)24-20(26)13(11-23)9-16-6-8-19(29-16)12-1-4-15(5-2-12)25(27)28/h1-10H,(H,24,26)/b13-9-. The molecule has 1 heterocycles. The van der Waals surface area contributed by atoms with Crippen molar-refractivity contribution in [2.24, 2.45) is 0 Å². The van der Waals surface area contributed by atoms with Gasteiger partial charge in [0.1, 0.15) is 23.2 Å². The van der Waals surface area contributed by atoms with Crippen molar-refractivity contribution >= 4 is 46.6 Å². The van der Waals surface area contributed by atoms with E-state index in [4.69, 9.17) is 27.6 Å². The van der Waals surface area contributed by atoms with Crippen molar-refractivity contribution in [1.29, 1.82) is 5.26 Å². The second kappa shape index (κ2) is 8.61. The molecule has 0 saturated heterocycles. The molecule has 3 rings (SSSR count). The highest BCUT2D eigenvalue weighted by atomic mass is 35.5. The van der Waals surface area contributed by atoms with Gasteiger partial charge in [0.05, 0.1) is 15.6 Å². The molecule has 2 aromatic carbocycles. The summed E-state index contributed by atoms with van der Waals surface area (Å²) in [6, 6.07) is 15.4. The molecular weight excluding hydrogens is 417 g/mol. The number of nitro groups is 1. The van der Waals surface area contributed by atoms with Gasteiger partial charge in [-0.25, -0.2) is 0 Å². The summed E-state index contributed by atoms with van der Waals surface area (Å²) in [7, 11) is 0.